The summed E-state index contributed by atoms with van der Waals surface area (Å²) in [5.41, 5.74) is -2.03. The molecule has 7 nitrogen and oxygen atoms in total. The molecule has 0 aliphatic rings. The molecule has 0 saturated carbocycles. The van der Waals surface area contributed by atoms with Gasteiger partial charge in [0, 0.05) is 6.42 Å². The summed E-state index contributed by atoms with van der Waals surface area (Å²) in [6, 6.07) is 23.9. The van der Waals surface area contributed by atoms with Crippen molar-refractivity contribution in [2.75, 3.05) is 6.61 Å². The van der Waals surface area contributed by atoms with Crippen molar-refractivity contribution in [3.63, 3.8) is 0 Å². The van der Waals surface area contributed by atoms with Gasteiger partial charge in [0.1, 0.15) is 0 Å². The molecule has 0 N–H and O–H groups in total. The van der Waals surface area contributed by atoms with Gasteiger partial charge in [0.25, 0.3) is 0 Å². The summed E-state index contributed by atoms with van der Waals surface area (Å²) in [6.07, 6.45) is -0.846. The number of benzene rings is 3. The highest BCUT2D eigenvalue weighted by Crippen LogP contribution is 2.38. The van der Waals surface area contributed by atoms with Crippen LogP contribution in [0.3, 0.4) is 0 Å². The van der Waals surface area contributed by atoms with Crippen molar-refractivity contribution in [2.24, 2.45) is 0 Å². The number of hydrogen-bond acceptors (Lipinski definition) is 7. The standard InChI is InChI=1S/C25H23NO6S2/c1-2-32-24(27)25(19-26,20-12-6-3-7-13-20)18-23(33(28,29)21-14-8-4-9-15-21)34(30,31)22-16-10-5-11-17-22/h3-17,23H,2,18H2,1H3/t25-/m0/s1. The van der Waals surface area contributed by atoms with Crippen LogP contribution in [0.5, 0.6) is 0 Å². The van der Waals surface area contributed by atoms with E-state index < -0.39 is 42.1 Å². The van der Waals surface area contributed by atoms with Gasteiger partial charge in [-0.2, -0.15) is 5.26 Å². The van der Waals surface area contributed by atoms with Crippen molar-refractivity contribution in [1.82, 2.24) is 0 Å². The molecule has 0 unspecified atom stereocenters. The first kappa shape index (κ1) is 25.1. The topological polar surface area (TPSA) is 118 Å². The third-order valence-electron chi connectivity index (χ3n) is 5.39. The van der Waals surface area contributed by atoms with Crippen molar-refractivity contribution >= 4 is 25.6 Å². The van der Waals surface area contributed by atoms with Crippen molar-refractivity contribution in [3.05, 3.63) is 96.6 Å². The average molecular weight is 498 g/mol. The number of hydrogen-bond donors (Lipinski definition) is 0. The lowest BCUT2D eigenvalue weighted by atomic mass is 9.79. The van der Waals surface area contributed by atoms with E-state index in [2.05, 4.69) is 0 Å². The Morgan fingerprint density at radius 2 is 1.24 bits per heavy atom. The van der Waals surface area contributed by atoms with Gasteiger partial charge in [0.15, 0.2) is 29.7 Å². The minimum absolute atomic E-state index is 0.0728. The van der Waals surface area contributed by atoms with Crippen LogP contribution >= 0.6 is 0 Å². The SMILES string of the molecule is CCOC(=O)[C@](C#N)(CC(S(=O)(=O)c1ccccc1)S(=O)(=O)c1ccccc1)c1ccccc1. The molecule has 0 spiro atoms. The Labute approximate surface area is 199 Å². The van der Waals surface area contributed by atoms with E-state index in [-0.39, 0.29) is 22.0 Å². The van der Waals surface area contributed by atoms with Crippen LogP contribution in [0.4, 0.5) is 0 Å². The first-order valence-electron chi connectivity index (χ1n) is 10.4. The van der Waals surface area contributed by atoms with Crippen LogP contribution in [0.1, 0.15) is 18.9 Å². The van der Waals surface area contributed by atoms with Gasteiger partial charge < -0.3 is 4.74 Å². The number of rotatable bonds is 9. The number of nitriles is 1. The summed E-state index contributed by atoms with van der Waals surface area (Å²) in [4.78, 5) is 12.7. The van der Waals surface area contributed by atoms with E-state index in [1.54, 1.807) is 37.3 Å². The van der Waals surface area contributed by atoms with Gasteiger partial charge in [-0.25, -0.2) is 21.6 Å². The molecule has 9 heteroatoms. The van der Waals surface area contributed by atoms with Crippen molar-refractivity contribution in [2.45, 2.75) is 33.1 Å². The number of carbonyl (C=O) groups is 1. The van der Waals surface area contributed by atoms with Crippen molar-refractivity contribution in [1.29, 1.82) is 5.26 Å². The number of esters is 1. The van der Waals surface area contributed by atoms with E-state index >= 15 is 0 Å². The molecule has 3 aromatic carbocycles. The number of ether oxygens (including phenoxy) is 1. The number of carbonyl (C=O) groups excluding carboxylic acids is 1. The predicted octanol–water partition coefficient (Wildman–Crippen LogP) is 3.68. The Balaban J connectivity index is 2.29. The van der Waals surface area contributed by atoms with Gasteiger partial charge in [-0.1, -0.05) is 66.7 Å². The summed E-state index contributed by atoms with van der Waals surface area (Å²) in [7, 11) is -9.11. The Morgan fingerprint density at radius 1 is 0.824 bits per heavy atom. The van der Waals surface area contributed by atoms with Gasteiger partial charge in [-0.05, 0) is 36.8 Å². The highest BCUT2D eigenvalue weighted by Gasteiger charge is 2.51. The maximum Gasteiger partial charge on any atom is 0.331 e. The molecule has 176 valence electrons. The largest absolute Gasteiger partial charge is 0.465 e. The van der Waals surface area contributed by atoms with Crippen LogP contribution in [-0.2, 0) is 34.6 Å². The molecule has 0 radical (unpaired) electrons. The predicted molar refractivity (Wildman–Crippen MR) is 126 cm³/mol. The van der Waals surface area contributed by atoms with Gasteiger partial charge >= 0.3 is 5.97 Å². The number of sulfone groups is 2. The highest BCUT2D eigenvalue weighted by molar-refractivity contribution is 8.09. The normalized spacial score (nSPS) is 13.6. The zero-order chi connectivity index (χ0) is 24.8. The molecule has 0 aliphatic carbocycles. The van der Waals surface area contributed by atoms with Gasteiger partial charge in [0.2, 0.25) is 0 Å². The Hall–Kier alpha value is -3.48. The second-order valence-corrected chi connectivity index (χ2v) is 12.0. The Bertz CT molecular complexity index is 1310. The van der Waals surface area contributed by atoms with E-state index in [1.165, 1.54) is 60.7 Å². The highest BCUT2D eigenvalue weighted by atomic mass is 32.3. The van der Waals surface area contributed by atoms with Crippen LogP contribution < -0.4 is 0 Å². The van der Waals surface area contributed by atoms with E-state index in [0.717, 1.165) is 0 Å². The summed E-state index contributed by atoms with van der Waals surface area (Å²) < 4.78 is 57.9. The molecular formula is C25H23NO6S2. The monoisotopic (exact) mass is 497 g/mol. The third kappa shape index (κ3) is 4.74. The summed E-state index contributed by atoms with van der Waals surface area (Å²) in [5.74, 6) is -1.01. The fraction of sp³-hybridized carbons (Fsp3) is 0.200. The molecule has 0 fully saturated rings. The van der Waals surface area contributed by atoms with Crippen molar-refractivity contribution < 1.29 is 26.4 Å². The van der Waals surface area contributed by atoms with Crippen molar-refractivity contribution in [3.8, 4) is 6.07 Å². The molecule has 3 rings (SSSR count). The molecule has 0 heterocycles. The minimum Gasteiger partial charge on any atom is -0.465 e. The van der Waals surface area contributed by atoms with E-state index in [4.69, 9.17) is 4.74 Å². The Kier molecular flexibility index (Phi) is 7.54. The number of nitrogens with zero attached hydrogens (tertiary/aromatic N) is 1. The average Bonchev–Trinajstić information content (AvgIpc) is 2.86. The van der Waals surface area contributed by atoms with Crippen LogP contribution in [-0.4, -0.2) is 34.0 Å². The van der Waals surface area contributed by atoms with Gasteiger partial charge in [-0.15, -0.1) is 0 Å². The lowest BCUT2D eigenvalue weighted by Gasteiger charge is -2.29. The maximum atomic E-state index is 13.7. The summed E-state index contributed by atoms with van der Waals surface area (Å²) in [5, 5.41) is 10.2. The molecule has 1 atom stereocenters. The minimum atomic E-state index is -4.55. The van der Waals surface area contributed by atoms with Crippen LogP contribution in [0.2, 0.25) is 0 Å². The molecule has 0 bridgehead atoms. The summed E-state index contributed by atoms with van der Waals surface area (Å²) in [6.45, 7) is 1.47. The molecule has 0 aliphatic heterocycles. The molecule has 34 heavy (non-hydrogen) atoms. The van der Waals surface area contributed by atoms with Crippen LogP contribution in [0.15, 0.2) is 101 Å². The zero-order valence-electron chi connectivity index (χ0n) is 18.4. The fourth-order valence-electron chi connectivity index (χ4n) is 3.61. The van der Waals surface area contributed by atoms with E-state index in [1.807, 2.05) is 6.07 Å². The van der Waals surface area contributed by atoms with Crippen LogP contribution in [0, 0.1) is 11.3 Å². The lowest BCUT2D eigenvalue weighted by Crippen LogP contribution is -2.44. The second kappa shape index (κ2) is 10.2. The molecule has 0 saturated heterocycles. The van der Waals surface area contributed by atoms with Gasteiger partial charge in [-0.3, -0.25) is 0 Å². The Morgan fingerprint density at radius 3 is 1.62 bits per heavy atom. The third-order valence-corrected chi connectivity index (χ3v) is 10.5. The van der Waals surface area contributed by atoms with E-state index in [0.29, 0.717) is 0 Å². The van der Waals surface area contributed by atoms with Gasteiger partial charge in [0.05, 0.1) is 22.5 Å². The fourth-order valence-corrected chi connectivity index (χ4v) is 8.23. The lowest BCUT2D eigenvalue weighted by molar-refractivity contribution is -0.148. The smallest absolute Gasteiger partial charge is 0.331 e. The molecule has 0 amide bonds. The first-order valence-corrected chi connectivity index (χ1v) is 13.5. The molecule has 0 aromatic heterocycles. The summed E-state index contributed by atoms with van der Waals surface area (Å²) >= 11 is 0. The molecular weight excluding hydrogens is 474 g/mol. The second-order valence-electron chi connectivity index (χ2n) is 7.45. The first-order chi connectivity index (χ1) is 16.2. The quantitative estimate of drug-likeness (QED) is 0.414. The maximum absolute atomic E-state index is 13.7. The van der Waals surface area contributed by atoms with Crippen LogP contribution in [0.25, 0.3) is 0 Å². The zero-order valence-corrected chi connectivity index (χ0v) is 20.0. The van der Waals surface area contributed by atoms with E-state index in [9.17, 15) is 26.9 Å². The molecule has 3 aromatic rings.